The summed E-state index contributed by atoms with van der Waals surface area (Å²) in [4.78, 5) is 26.3. The Labute approximate surface area is 152 Å². The number of carboxylic acids is 1. The van der Waals surface area contributed by atoms with E-state index in [9.17, 15) is 14.7 Å². The van der Waals surface area contributed by atoms with Crippen molar-refractivity contribution in [1.82, 2.24) is 4.90 Å². The highest BCUT2D eigenvalue weighted by Crippen LogP contribution is 2.36. The van der Waals surface area contributed by atoms with E-state index in [1.807, 2.05) is 48.5 Å². The molecule has 4 rings (SSSR count). The lowest BCUT2D eigenvalue weighted by Gasteiger charge is -2.36. The van der Waals surface area contributed by atoms with E-state index in [2.05, 4.69) is 0 Å². The zero-order chi connectivity index (χ0) is 18.1. The fourth-order valence-electron chi connectivity index (χ4n) is 3.96. The number of carbonyl (C=O) groups excluding carboxylic acids is 1. The van der Waals surface area contributed by atoms with Crippen molar-refractivity contribution in [2.24, 2.45) is 0 Å². The number of hydrogen-bond acceptors (Lipinski definition) is 3. The van der Waals surface area contributed by atoms with Gasteiger partial charge in [0, 0.05) is 19.4 Å². The second-order valence-corrected chi connectivity index (χ2v) is 6.92. The number of aliphatic carboxylic acids is 1. The highest BCUT2D eigenvalue weighted by atomic mass is 16.5. The zero-order valence-electron chi connectivity index (χ0n) is 14.4. The summed E-state index contributed by atoms with van der Waals surface area (Å²) in [5.41, 5.74) is 3.09. The highest BCUT2D eigenvalue weighted by Gasteiger charge is 2.36. The van der Waals surface area contributed by atoms with Crippen molar-refractivity contribution in [2.75, 3.05) is 6.61 Å². The number of amides is 1. The van der Waals surface area contributed by atoms with Gasteiger partial charge < -0.3 is 14.7 Å². The average molecular weight is 351 g/mol. The van der Waals surface area contributed by atoms with Crippen LogP contribution in [0.25, 0.3) is 0 Å². The number of hydrogen-bond donors (Lipinski definition) is 1. The molecule has 1 N–H and O–H groups in total. The number of nitrogens with zero attached hydrogens (tertiary/aromatic N) is 1. The molecule has 26 heavy (non-hydrogen) atoms. The average Bonchev–Trinajstić information content (AvgIpc) is 2.67. The topological polar surface area (TPSA) is 66.8 Å². The van der Waals surface area contributed by atoms with Gasteiger partial charge in [-0.1, -0.05) is 42.5 Å². The molecule has 5 nitrogen and oxygen atoms in total. The molecule has 2 aromatic carbocycles. The van der Waals surface area contributed by atoms with Gasteiger partial charge in [-0.15, -0.1) is 0 Å². The summed E-state index contributed by atoms with van der Waals surface area (Å²) < 4.78 is 5.67. The Morgan fingerprint density at radius 2 is 1.81 bits per heavy atom. The van der Waals surface area contributed by atoms with Crippen LogP contribution in [0.1, 0.15) is 35.4 Å². The summed E-state index contributed by atoms with van der Waals surface area (Å²) in [6.45, 7) is 0.941. The van der Waals surface area contributed by atoms with E-state index < -0.39 is 12.0 Å². The van der Waals surface area contributed by atoms with Gasteiger partial charge in [0.15, 0.2) is 0 Å². The SMILES string of the molecule is O=C(O)[C@H]1Cc2ccccc2CN1C(=O)C[C@H]1CCOc2ccccc21. The summed E-state index contributed by atoms with van der Waals surface area (Å²) in [7, 11) is 0. The van der Waals surface area contributed by atoms with Gasteiger partial charge in [-0.05, 0) is 35.1 Å². The fraction of sp³-hybridized carbons (Fsp3) is 0.333. The van der Waals surface area contributed by atoms with Crippen molar-refractivity contribution >= 4 is 11.9 Å². The van der Waals surface area contributed by atoms with Crippen LogP contribution in [0.4, 0.5) is 0 Å². The van der Waals surface area contributed by atoms with E-state index in [1.165, 1.54) is 4.90 Å². The van der Waals surface area contributed by atoms with Crippen LogP contribution in [0.15, 0.2) is 48.5 Å². The Morgan fingerprint density at radius 1 is 1.08 bits per heavy atom. The smallest absolute Gasteiger partial charge is 0.326 e. The Hall–Kier alpha value is -2.82. The minimum atomic E-state index is -0.944. The summed E-state index contributed by atoms with van der Waals surface area (Å²) in [6.07, 6.45) is 1.44. The third kappa shape index (κ3) is 3.05. The van der Waals surface area contributed by atoms with Crippen molar-refractivity contribution in [3.8, 4) is 5.75 Å². The summed E-state index contributed by atoms with van der Waals surface area (Å²) in [6, 6.07) is 14.7. The lowest BCUT2D eigenvalue weighted by Crippen LogP contribution is -2.49. The van der Waals surface area contributed by atoms with Crippen LogP contribution >= 0.6 is 0 Å². The number of para-hydroxylation sites is 1. The molecule has 2 atom stereocenters. The predicted molar refractivity (Wildman–Crippen MR) is 96.0 cm³/mol. The maximum Gasteiger partial charge on any atom is 0.326 e. The van der Waals surface area contributed by atoms with Gasteiger partial charge in [0.05, 0.1) is 6.61 Å². The normalized spacial score (nSPS) is 21.3. The maximum absolute atomic E-state index is 13.0. The van der Waals surface area contributed by atoms with Gasteiger partial charge in [0.2, 0.25) is 5.91 Å². The Bertz CT molecular complexity index is 847. The van der Waals surface area contributed by atoms with Gasteiger partial charge in [0.1, 0.15) is 11.8 Å². The first-order valence-corrected chi connectivity index (χ1v) is 8.94. The molecule has 2 aliphatic heterocycles. The van der Waals surface area contributed by atoms with E-state index in [0.717, 1.165) is 28.9 Å². The van der Waals surface area contributed by atoms with Gasteiger partial charge in [0.25, 0.3) is 0 Å². The molecule has 0 saturated carbocycles. The quantitative estimate of drug-likeness (QED) is 0.923. The molecule has 0 saturated heterocycles. The van der Waals surface area contributed by atoms with Crippen LogP contribution in [0, 0.1) is 0 Å². The number of rotatable bonds is 3. The second-order valence-electron chi connectivity index (χ2n) is 6.92. The van der Waals surface area contributed by atoms with Crippen LogP contribution in [-0.2, 0) is 22.6 Å². The standard InChI is InChI=1S/C21H21NO4/c23-20(12-15-9-10-26-19-8-4-3-7-17(15)19)22-13-16-6-2-1-5-14(16)11-18(22)21(24)25/h1-8,15,18H,9-13H2,(H,24,25)/t15-,18-/m1/s1. The lowest BCUT2D eigenvalue weighted by molar-refractivity contribution is -0.151. The largest absolute Gasteiger partial charge is 0.493 e. The van der Waals surface area contributed by atoms with E-state index in [0.29, 0.717) is 26.0 Å². The fourth-order valence-corrected chi connectivity index (χ4v) is 3.96. The van der Waals surface area contributed by atoms with E-state index >= 15 is 0 Å². The van der Waals surface area contributed by atoms with Gasteiger partial charge in [-0.2, -0.15) is 0 Å². The van der Waals surface area contributed by atoms with Crippen LogP contribution < -0.4 is 4.74 Å². The molecule has 0 unspecified atom stereocenters. The summed E-state index contributed by atoms with van der Waals surface area (Å²) >= 11 is 0. The molecule has 1 amide bonds. The van der Waals surface area contributed by atoms with E-state index in [4.69, 9.17) is 4.74 Å². The Morgan fingerprint density at radius 3 is 2.62 bits per heavy atom. The molecular formula is C21H21NO4. The van der Waals surface area contributed by atoms with Crippen molar-refractivity contribution in [3.05, 3.63) is 65.2 Å². The number of fused-ring (bicyclic) bond motifs is 2. The minimum Gasteiger partial charge on any atom is -0.493 e. The molecule has 2 heterocycles. The number of benzene rings is 2. The van der Waals surface area contributed by atoms with Crippen molar-refractivity contribution in [3.63, 3.8) is 0 Å². The van der Waals surface area contributed by atoms with Crippen molar-refractivity contribution < 1.29 is 19.4 Å². The summed E-state index contributed by atoms with van der Waals surface area (Å²) in [5, 5.41) is 9.63. The molecule has 0 aliphatic carbocycles. The molecule has 5 heteroatoms. The predicted octanol–water partition coefficient (Wildman–Crippen LogP) is 2.98. The lowest BCUT2D eigenvalue weighted by atomic mass is 9.88. The highest BCUT2D eigenvalue weighted by molar-refractivity contribution is 5.85. The molecule has 2 aliphatic rings. The van der Waals surface area contributed by atoms with E-state index in [1.54, 1.807) is 0 Å². The molecule has 2 aromatic rings. The van der Waals surface area contributed by atoms with Crippen LogP contribution in [0.3, 0.4) is 0 Å². The first-order valence-electron chi connectivity index (χ1n) is 8.94. The minimum absolute atomic E-state index is 0.0686. The molecule has 0 radical (unpaired) electrons. The van der Waals surface area contributed by atoms with Gasteiger partial charge >= 0.3 is 5.97 Å². The molecule has 0 aromatic heterocycles. The van der Waals surface area contributed by atoms with Gasteiger partial charge in [-0.25, -0.2) is 4.79 Å². The van der Waals surface area contributed by atoms with Crippen LogP contribution in [0.5, 0.6) is 5.75 Å². The van der Waals surface area contributed by atoms with Crippen LogP contribution in [0.2, 0.25) is 0 Å². The first-order chi connectivity index (χ1) is 12.6. The first kappa shape index (κ1) is 16.6. The molecule has 0 spiro atoms. The molecule has 0 fully saturated rings. The molecule has 134 valence electrons. The van der Waals surface area contributed by atoms with Crippen molar-refractivity contribution in [2.45, 2.75) is 37.8 Å². The maximum atomic E-state index is 13.0. The third-order valence-corrected chi connectivity index (χ3v) is 5.36. The number of ether oxygens (including phenoxy) is 1. The Balaban J connectivity index is 1.57. The van der Waals surface area contributed by atoms with Gasteiger partial charge in [-0.3, -0.25) is 4.79 Å². The number of carboxylic acid groups (broad SMARTS) is 1. The second kappa shape index (κ2) is 6.83. The van der Waals surface area contributed by atoms with Crippen molar-refractivity contribution in [1.29, 1.82) is 0 Å². The monoisotopic (exact) mass is 351 g/mol. The number of carbonyl (C=O) groups is 2. The molecule has 0 bridgehead atoms. The third-order valence-electron chi connectivity index (χ3n) is 5.36. The summed E-state index contributed by atoms with van der Waals surface area (Å²) in [5.74, 6) is -0.150. The van der Waals surface area contributed by atoms with E-state index in [-0.39, 0.29) is 11.8 Å². The Kier molecular flexibility index (Phi) is 4.37. The van der Waals surface area contributed by atoms with Crippen LogP contribution in [-0.4, -0.2) is 34.5 Å². The zero-order valence-corrected chi connectivity index (χ0v) is 14.4. The molecular weight excluding hydrogens is 330 g/mol.